The molecule has 2 rings (SSSR count). The highest BCUT2D eigenvalue weighted by Crippen LogP contribution is 2.54. The van der Waals surface area contributed by atoms with Crippen molar-refractivity contribution >= 4 is 0 Å². The number of rotatable bonds is 0. The second-order valence-electron chi connectivity index (χ2n) is 6.67. The van der Waals surface area contributed by atoms with E-state index in [-0.39, 0.29) is 0 Å². The maximum atomic E-state index is 2.40. The molecule has 0 amide bonds. The Kier molecular flexibility index (Phi) is 2.28. The first kappa shape index (κ1) is 11.7. The number of benzene rings is 1. The molecule has 1 aliphatic carbocycles. The van der Waals surface area contributed by atoms with Crippen molar-refractivity contribution in [2.24, 2.45) is 5.92 Å². The smallest absolute Gasteiger partial charge is 0.00641 e. The summed E-state index contributed by atoms with van der Waals surface area (Å²) >= 11 is 0. The molecule has 1 atom stereocenters. The van der Waals surface area contributed by atoms with E-state index in [1.165, 1.54) is 11.1 Å². The van der Waals surface area contributed by atoms with E-state index in [2.05, 4.69) is 60.6 Å². The summed E-state index contributed by atoms with van der Waals surface area (Å²) in [5.74, 6) is 0.690. The van der Waals surface area contributed by atoms with Crippen molar-refractivity contribution in [3.05, 3.63) is 34.4 Å². The zero-order valence-corrected chi connectivity index (χ0v) is 11.7. The Morgan fingerprint density at radius 1 is 0.938 bits per heavy atom. The normalized spacial score (nSPS) is 25.6. The lowest BCUT2D eigenvalue weighted by atomic mass is 9.71. The van der Waals surface area contributed by atoms with Crippen LogP contribution in [0.3, 0.4) is 0 Å². The van der Waals surface area contributed by atoms with Crippen molar-refractivity contribution < 1.29 is 0 Å². The molecule has 0 bridgehead atoms. The Morgan fingerprint density at radius 2 is 1.50 bits per heavy atom. The number of fused-ring (bicyclic) bond motifs is 1. The second kappa shape index (κ2) is 3.12. The van der Waals surface area contributed by atoms with Crippen LogP contribution in [0.1, 0.15) is 56.9 Å². The van der Waals surface area contributed by atoms with E-state index in [1.807, 2.05) is 0 Å². The van der Waals surface area contributed by atoms with Gasteiger partial charge in [0.05, 0.1) is 0 Å². The van der Waals surface area contributed by atoms with E-state index >= 15 is 0 Å². The predicted molar refractivity (Wildman–Crippen MR) is 71.1 cm³/mol. The zero-order chi connectivity index (χ0) is 12.3. The SMILES string of the molecule is Cc1cc(C)c2c(c1)C(C)(C)C(C)C2(C)C. The van der Waals surface area contributed by atoms with Gasteiger partial charge in [-0.1, -0.05) is 52.3 Å². The fourth-order valence-corrected chi connectivity index (χ4v) is 3.68. The summed E-state index contributed by atoms with van der Waals surface area (Å²) in [4.78, 5) is 0. The minimum atomic E-state index is 0.301. The van der Waals surface area contributed by atoms with Crippen LogP contribution in [0.25, 0.3) is 0 Å². The molecule has 1 aromatic carbocycles. The van der Waals surface area contributed by atoms with Gasteiger partial charge < -0.3 is 0 Å². The van der Waals surface area contributed by atoms with Gasteiger partial charge in [0.2, 0.25) is 0 Å². The highest BCUT2D eigenvalue weighted by molar-refractivity contribution is 5.51. The van der Waals surface area contributed by atoms with Crippen LogP contribution in [0.4, 0.5) is 0 Å². The van der Waals surface area contributed by atoms with E-state index in [1.54, 1.807) is 11.1 Å². The fourth-order valence-electron chi connectivity index (χ4n) is 3.68. The van der Waals surface area contributed by atoms with Gasteiger partial charge in [-0.3, -0.25) is 0 Å². The lowest BCUT2D eigenvalue weighted by Crippen LogP contribution is -2.31. The molecule has 0 aromatic heterocycles. The molecule has 0 saturated heterocycles. The molecule has 1 aromatic rings. The summed E-state index contributed by atoms with van der Waals surface area (Å²) in [6.45, 7) is 16.4. The first-order valence-electron chi connectivity index (χ1n) is 6.31. The third-order valence-corrected chi connectivity index (χ3v) is 4.98. The van der Waals surface area contributed by atoms with Crippen LogP contribution in [0.15, 0.2) is 12.1 Å². The molecule has 1 aliphatic rings. The van der Waals surface area contributed by atoms with Gasteiger partial charge in [0, 0.05) is 0 Å². The lowest BCUT2D eigenvalue weighted by Gasteiger charge is -2.33. The molecule has 0 heteroatoms. The number of hydrogen-bond acceptors (Lipinski definition) is 0. The number of hydrogen-bond donors (Lipinski definition) is 0. The first-order chi connectivity index (χ1) is 7.19. The van der Waals surface area contributed by atoms with E-state index in [0.717, 1.165) is 0 Å². The average Bonchev–Trinajstić information content (AvgIpc) is 2.25. The monoisotopic (exact) mass is 216 g/mol. The van der Waals surface area contributed by atoms with Crippen molar-refractivity contribution in [2.45, 2.75) is 59.3 Å². The minimum Gasteiger partial charge on any atom is -0.0608 e. The van der Waals surface area contributed by atoms with Crippen LogP contribution < -0.4 is 0 Å². The maximum absolute atomic E-state index is 2.40. The third-order valence-electron chi connectivity index (χ3n) is 4.98. The molecular weight excluding hydrogens is 192 g/mol. The molecule has 0 nitrogen and oxygen atoms in total. The predicted octanol–water partition coefficient (Wildman–Crippen LogP) is 4.51. The summed E-state index contributed by atoms with van der Waals surface area (Å²) in [5.41, 5.74) is 6.64. The van der Waals surface area contributed by atoms with Gasteiger partial charge >= 0.3 is 0 Å². The minimum absolute atomic E-state index is 0.301. The summed E-state index contributed by atoms with van der Waals surface area (Å²) in [5, 5.41) is 0. The quantitative estimate of drug-likeness (QED) is 0.598. The van der Waals surface area contributed by atoms with E-state index in [0.29, 0.717) is 16.7 Å². The topological polar surface area (TPSA) is 0 Å². The summed E-state index contributed by atoms with van der Waals surface area (Å²) in [6, 6.07) is 4.72. The van der Waals surface area contributed by atoms with Crippen molar-refractivity contribution in [2.75, 3.05) is 0 Å². The van der Waals surface area contributed by atoms with Crippen molar-refractivity contribution in [3.8, 4) is 0 Å². The maximum Gasteiger partial charge on any atom is -0.00641 e. The summed E-state index contributed by atoms with van der Waals surface area (Å²) in [6.07, 6.45) is 0. The molecule has 0 saturated carbocycles. The fraction of sp³-hybridized carbons (Fsp3) is 0.625. The molecule has 0 heterocycles. The Hall–Kier alpha value is -0.780. The van der Waals surface area contributed by atoms with Crippen molar-refractivity contribution in [3.63, 3.8) is 0 Å². The Balaban J connectivity index is 2.80. The second-order valence-corrected chi connectivity index (χ2v) is 6.67. The van der Waals surface area contributed by atoms with Gasteiger partial charge in [0.1, 0.15) is 0 Å². The molecule has 88 valence electrons. The van der Waals surface area contributed by atoms with Gasteiger partial charge in [0.15, 0.2) is 0 Å². The molecule has 16 heavy (non-hydrogen) atoms. The standard InChI is InChI=1S/C16H24/c1-10-8-11(2)14-13(9-10)15(4,5)12(3)16(14,6)7/h8-9,12H,1-7H3. The molecular formula is C16H24. The van der Waals surface area contributed by atoms with Crippen molar-refractivity contribution in [1.82, 2.24) is 0 Å². The number of aryl methyl sites for hydroxylation is 2. The summed E-state index contributed by atoms with van der Waals surface area (Å²) < 4.78 is 0. The van der Waals surface area contributed by atoms with Crippen LogP contribution >= 0.6 is 0 Å². The lowest BCUT2D eigenvalue weighted by molar-refractivity contribution is 0.264. The zero-order valence-electron chi connectivity index (χ0n) is 11.7. The highest BCUT2D eigenvalue weighted by Gasteiger charge is 2.49. The largest absolute Gasteiger partial charge is 0.0608 e. The van der Waals surface area contributed by atoms with E-state index in [4.69, 9.17) is 0 Å². The van der Waals surface area contributed by atoms with E-state index in [9.17, 15) is 0 Å². The Labute approximate surface area is 100 Å². The van der Waals surface area contributed by atoms with E-state index < -0.39 is 0 Å². The first-order valence-corrected chi connectivity index (χ1v) is 6.31. The average molecular weight is 216 g/mol. The molecule has 0 N–H and O–H groups in total. The van der Waals surface area contributed by atoms with Gasteiger partial charge in [0.25, 0.3) is 0 Å². The summed E-state index contributed by atoms with van der Waals surface area (Å²) in [7, 11) is 0. The van der Waals surface area contributed by atoms with Crippen LogP contribution in [0, 0.1) is 19.8 Å². The molecule has 0 aliphatic heterocycles. The van der Waals surface area contributed by atoms with Crippen LogP contribution in [0.2, 0.25) is 0 Å². The molecule has 0 spiro atoms. The van der Waals surface area contributed by atoms with Gasteiger partial charge in [-0.2, -0.15) is 0 Å². The van der Waals surface area contributed by atoms with Crippen LogP contribution in [-0.2, 0) is 10.8 Å². The van der Waals surface area contributed by atoms with Gasteiger partial charge in [-0.15, -0.1) is 0 Å². The molecule has 0 fully saturated rings. The van der Waals surface area contributed by atoms with Crippen molar-refractivity contribution in [1.29, 1.82) is 0 Å². The van der Waals surface area contributed by atoms with Gasteiger partial charge in [-0.05, 0) is 47.3 Å². The molecule has 0 radical (unpaired) electrons. The Morgan fingerprint density at radius 3 is 2.06 bits per heavy atom. The Bertz CT molecular complexity index is 436. The highest BCUT2D eigenvalue weighted by atomic mass is 14.5. The van der Waals surface area contributed by atoms with Crippen LogP contribution in [0.5, 0.6) is 0 Å². The third kappa shape index (κ3) is 1.28. The van der Waals surface area contributed by atoms with Gasteiger partial charge in [-0.25, -0.2) is 0 Å². The molecule has 1 unspecified atom stereocenters. The van der Waals surface area contributed by atoms with Crippen LogP contribution in [-0.4, -0.2) is 0 Å².